The van der Waals surface area contributed by atoms with Crippen LogP contribution in [0.4, 0.5) is 8.78 Å². The van der Waals surface area contributed by atoms with E-state index >= 15 is 0 Å². The molecule has 0 bridgehead atoms. The first-order valence-electron chi connectivity index (χ1n) is 9.95. The van der Waals surface area contributed by atoms with E-state index in [2.05, 4.69) is 22.5 Å². The summed E-state index contributed by atoms with van der Waals surface area (Å²) < 4.78 is 29.4. The highest BCUT2D eigenvalue weighted by atomic mass is 19.1. The van der Waals surface area contributed by atoms with Crippen LogP contribution in [0.5, 0.6) is 0 Å². The number of aromatic nitrogens is 2. The second kappa shape index (κ2) is 6.82. The summed E-state index contributed by atoms with van der Waals surface area (Å²) >= 11 is 0. The first-order valence-corrected chi connectivity index (χ1v) is 9.95. The normalized spacial score (nSPS) is 19.8. The van der Waals surface area contributed by atoms with Gasteiger partial charge in [0, 0.05) is 25.2 Å². The van der Waals surface area contributed by atoms with Crippen molar-refractivity contribution in [2.24, 2.45) is 0 Å². The van der Waals surface area contributed by atoms with Crippen LogP contribution >= 0.6 is 0 Å². The molecule has 0 radical (unpaired) electrons. The smallest absolute Gasteiger partial charge is 0.125 e. The summed E-state index contributed by atoms with van der Waals surface area (Å²) in [5, 5.41) is 0. The predicted molar refractivity (Wildman–Crippen MR) is 107 cm³/mol. The van der Waals surface area contributed by atoms with Crippen LogP contribution in [0.15, 0.2) is 42.5 Å². The molecule has 3 nitrogen and oxygen atoms in total. The lowest BCUT2D eigenvalue weighted by Gasteiger charge is -2.28. The quantitative estimate of drug-likeness (QED) is 0.630. The number of benzene rings is 2. The molecule has 5 rings (SSSR count). The molecule has 0 amide bonds. The number of rotatable bonds is 3. The lowest BCUT2D eigenvalue weighted by molar-refractivity contribution is 0.278. The van der Waals surface area contributed by atoms with E-state index in [1.807, 2.05) is 12.1 Å². The molecule has 0 aliphatic carbocycles. The Kier molecular flexibility index (Phi) is 4.27. The molecule has 3 heterocycles. The Morgan fingerprint density at radius 2 is 1.89 bits per heavy atom. The highest BCUT2D eigenvalue weighted by Gasteiger charge is 2.25. The molecular weight excluding hydrogens is 356 g/mol. The number of aryl methyl sites for hydroxylation is 1. The second-order valence-electron chi connectivity index (χ2n) is 7.94. The fraction of sp³-hybridized carbons (Fsp3) is 0.348. The molecule has 5 heteroatoms. The number of halogens is 2. The maximum absolute atomic E-state index is 13.9. The van der Waals surface area contributed by atoms with Gasteiger partial charge < -0.3 is 4.57 Å². The van der Waals surface area contributed by atoms with Crippen molar-refractivity contribution >= 4 is 16.6 Å². The van der Waals surface area contributed by atoms with Crippen molar-refractivity contribution in [2.75, 3.05) is 13.1 Å². The monoisotopic (exact) mass is 379 g/mol. The van der Waals surface area contributed by atoms with Crippen molar-refractivity contribution < 1.29 is 8.78 Å². The lowest BCUT2D eigenvalue weighted by Crippen LogP contribution is -2.30. The van der Waals surface area contributed by atoms with Crippen LogP contribution in [0.3, 0.4) is 0 Å². The van der Waals surface area contributed by atoms with Gasteiger partial charge in [0.2, 0.25) is 0 Å². The topological polar surface area (TPSA) is 21.1 Å². The Balaban J connectivity index is 1.40. The van der Waals surface area contributed by atoms with Crippen LogP contribution in [0.1, 0.15) is 42.8 Å². The number of hydrogen-bond acceptors (Lipinski definition) is 2. The predicted octanol–water partition coefficient (Wildman–Crippen LogP) is 5.11. The van der Waals surface area contributed by atoms with Crippen molar-refractivity contribution in [1.82, 2.24) is 14.5 Å². The van der Waals surface area contributed by atoms with Gasteiger partial charge in [0.15, 0.2) is 0 Å². The molecule has 0 spiro atoms. The molecule has 144 valence electrons. The van der Waals surface area contributed by atoms with Gasteiger partial charge in [-0.3, -0.25) is 4.90 Å². The van der Waals surface area contributed by atoms with Crippen molar-refractivity contribution in [3.05, 3.63) is 71.1 Å². The third kappa shape index (κ3) is 3.04. The maximum atomic E-state index is 13.9. The zero-order valence-electron chi connectivity index (χ0n) is 16.0. The highest BCUT2D eigenvalue weighted by Crippen LogP contribution is 2.34. The van der Waals surface area contributed by atoms with Crippen LogP contribution in [-0.2, 0) is 13.0 Å². The summed E-state index contributed by atoms with van der Waals surface area (Å²) in [6.45, 7) is 4.75. The van der Waals surface area contributed by atoms with E-state index in [0.717, 1.165) is 66.9 Å². The Morgan fingerprint density at radius 1 is 1.07 bits per heavy atom. The molecule has 1 unspecified atom stereocenters. The largest absolute Gasteiger partial charge is 0.324 e. The van der Waals surface area contributed by atoms with E-state index in [1.54, 1.807) is 12.1 Å². The third-order valence-electron chi connectivity index (χ3n) is 6.05. The van der Waals surface area contributed by atoms with Crippen molar-refractivity contribution in [2.45, 2.75) is 38.8 Å². The van der Waals surface area contributed by atoms with Crippen molar-refractivity contribution in [3.8, 4) is 0 Å². The fourth-order valence-corrected chi connectivity index (χ4v) is 4.58. The van der Waals surface area contributed by atoms with E-state index in [0.29, 0.717) is 6.04 Å². The first-order chi connectivity index (χ1) is 13.6. The summed E-state index contributed by atoms with van der Waals surface area (Å²) in [6, 6.07) is 10.3. The Hall–Kier alpha value is -2.53. The standard InChI is InChI=1S/C23H23F2N3/c1-15-2-3-18-12-20(25)13-21-23(18)28(15)22(26-21)14-27-10-8-17(9-11-27)16-4-6-19(24)7-5-16/h4-8,12-13,15H,2-3,9-11,14H2,1H3. The highest BCUT2D eigenvalue weighted by molar-refractivity contribution is 5.81. The van der Waals surface area contributed by atoms with Crippen LogP contribution in [0.2, 0.25) is 0 Å². The number of hydrogen-bond donors (Lipinski definition) is 0. The van der Waals surface area contributed by atoms with Gasteiger partial charge in [-0.15, -0.1) is 0 Å². The molecule has 3 aromatic rings. The Bertz CT molecular complexity index is 1070. The first kappa shape index (κ1) is 17.6. The molecule has 0 fully saturated rings. The van der Waals surface area contributed by atoms with Crippen molar-refractivity contribution in [1.29, 1.82) is 0 Å². The summed E-state index contributed by atoms with van der Waals surface area (Å²) in [5.41, 5.74) is 5.31. The van der Waals surface area contributed by atoms with E-state index < -0.39 is 0 Å². The Morgan fingerprint density at radius 3 is 2.64 bits per heavy atom. The minimum absolute atomic E-state index is 0.196. The maximum Gasteiger partial charge on any atom is 0.125 e. The summed E-state index contributed by atoms with van der Waals surface area (Å²) in [5.74, 6) is 0.623. The van der Waals surface area contributed by atoms with Gasteiger partial charge >= 0.3 is 0 Å². The van der Waals surface area contributed by atoms with Crippen LogP contribution < -0.4 is 0 Å². The van der Waals surface area contributed by atoms with E-state index in [9.17, 15) is 8.78 Å². The molecule has 0 saturated carbocycles. The second-order valence-corrected chi connectivity index (χ2v) is 7.94. The summed E-state index contributed by atoms with van der Waals surface area (Å²) in [4.78, 5) is 7.17. The SMILES string of the molecule is CC1CCc2cc(F)cc3nc(CN4CC=C(c5ccc(F)cc5)CC4)n1c23. The molecular formula is C23H23F2N3. The van der Waals surface area contributed by atoms with Crippen molar-refractivity contribution in [3.63, 3.8) is 0 Å². The van der Waals surface area contributed by atoms with Gasteiger partial charge in [-0.25, -0.2) is 13.8 Å². The van der Waals surface area contributed by atoms with Gasteiger partial charge in [0.25, 0.3) is 0 Å². The molecule has 0 N–H and O–H groups in total. The molecule has 2 aliphatic rings. The average Bonchev–Trinajstić information content (AvgIpc) is 3.05. The van der Waals surface area contributed by atoms with Gasteiger partial charge in [-0.2, -0.15) is 0 Å². The van der Waals surface area contributed by atoms with Gasteiger partial charge in [-0.1, -0.05) is 18.2 Å². The molecule has 1 atom stereocenters. The lowest BCUT2D eigenvalue weighted by atomic mass is 9.99. The minimum Gasteiger partial charge on any atom is -0.324 e. The molecule has 1 aromatic heterocycles. The molecule has 0 saturated heterocycles. The molecule has 28 heavy (non-hydrogen) atoms. The van der Waals surface area contributed by atoms with Gasteiger partial charge in [-0.05, 0) is 61.1 Å². The summed E-state index contributed by atoms with van der Waals surface area (Å²) in [6.07, 6.45) is 5.09. The van der Waals surface area contributed by atoms with Gasteiger partial charge in [0.1, 0.15) is 17.5 Å². The molecule has 2 aliphatic heterocycles. The molecule has 2 aromatic carbocycles. The Labute approximate surface area is 163 Å². The average molecular weight is 379 g/mol. The van der Waals surface area contributed by atoms with E-state index in [1.165, 1.54) is 17.7 Å². The third-order valence-corrected chi connectivity index (χ3v) is 6.05. The van der Waals surface area contributed by atoms with E-state index in [4.69, 9.17) is 4.98 Å². The van der Waals surface area contributed by atoms with Crippen LogP contribution in [-0.4, -0.2) is 27.5 Å². The van der Waals surface area contributed by atoms with Gasteiger partial charge in [0.05, 0.1) is 17.6 Å². The zero-order valence-corrected chi connectivity index (χ0v) is 16.0. The number of nitrogens with zero attached hydrogens (tertiary/aromatic N) is 3. The van der Waals surface area contributed by atoms with Crippen LogP contribution in [0.25, 0.3) is 16.6 Å². The van der Waals surface area contributed by atoms with E-state index in [-0.39, 0.29) is 11.6 Å². The fourth-order valence-electron chi connectivity index (χ4n) is 4.58. The summed E-state index contributed by atoms with van der Waals surface area (Å²) in [7, 11) is 0. The minimum atomic E-state index is -0.202. The zero-order chi connectivity index (χ0) is 19.3. The number of imidazole rings is 1. The van der Waals surface area contributed by atoms with Crippen LogP contribution in [0, 0.1) is 11.6 Å².